The van der Waals surface area contributed by atoms with Crippen molar-refractivity contribution in [2.45, 2.75) is 43.3 Å². The number of nitrogens with two attached hydrogens (primary N) is 1. The van der Waals surface area contributed by atoms with Gasteiger partial charge in [0.25, 0.3) is 0 Å². The van der Waals surface area contributed by atoms with Gasteiger partial charge in [0.15, 0.2) is 5.16 Å². The minimum absolute atomic E-state index is 0.183. The Morgan fingerprint density at radius 3 is 2.90 bits per heavy atom. The van der Waals surface area contributed by atoms with Crippen molar-refractivity contribution >= 4 is 17.4 Å². The second kappa shape index (κ2) is 7.21. The highest BCUT2D eigenvalue weighted by Gasteiger charge is 2.10. The third kappa shape index (κ3) is 3.81. The molecule has 1 aromatic carbocycles. The number of nitrogen functional groups attached to an aromatic ring is 1. The Hall–Kier alpha value is -1.89. The zero-order chi connectivity index (χ0) is 15.2. The third-order valence-corrected chi connectivity index (χ3v) is 3.81. The van der Waals surface area contributed by atoms with Crippen LogP contribution in [0.3, 0.4) is 0 Å². The SMILES string of the molecule is CCCOc1cc(Sc2n[nH]c(=O)n2CCC)ccc1N. The summed E-state index contributed by atoms with van der Waals surface area (Å²) in [6.45, 7) is 5.34. The predicted octanol–water partition coefficient (Wildman–Crippen LogP) is 2.50. The molecule has 1 aromatic heterocycles. The summed E-state index contributed by atoms with van der Waals surface area (Å²) in [7, 11) is 0. The quantitative estimate of drug-likeness (QED) is 0.768. The molecule has 6 nitrogen and oxygen atoms in total. The number of anilines is 1. The first kappa shape index (κ1) is 15.5. The molecule has 0 aliphatic heterocycles. The molecule has 0 aliphatic carbocycles. The fourth-order valence-corrected chi connectivity index (χ4v) is 2.71. The van der Waals surface area contributed by atoms with Crippen LogP contribution < -0.4 is 16.2 Å². The van der Waals surface area contributed by atoms with Gasteiger partial charge < -0.3 is 10.5 Å². The predicted molar refractivity (Wildman–Crippen MR) is 83.9 cm³/mol. The Morgan fingerprint density at radius 1 is 1.38 bits per heavy atom. The summed E-state index contributed by atoms with van der Waals surface area (Å²) in [5.41, 5.74) is 6.32. The highest BCUT2D eigenvalue weighted by molar-refractivity contribution is 7.99. The molecule has 0 fully saturated rings. The molecule has 0 atom stereocenters. The summed E-state index contributed by atoms with van der Waals surface area (Å²) in [6.07, 6.45) is 1.80. The van der Waals surface area contributed by atoms with E-state index >= 15 is 0 Å². The average Bonchev–Trinajstić information content (AvgIpc) is 2.81. The fraction of sp³-hybridized carbons (Fsp3) is 0.429. The van der Waals surface area contributed by atoms with Crippen molar-refractivity contribution in [3.8, 4) is 5.75 Å². The molecular formula is C14H20N4O2S. The highest BCUT2D eigenvalue weighted by atomic mass is 32.2. The van der Waals surface area contributed by atoms with E-state index in [1.54, 1.807) is 4.57 Å². The van der Waals surface area contributed by atoms with Crippen LogP contribution in [0.2, 0.25) is 0 Å². The number of nitrogens with one attached hydrogen (secondary N) is 1. The molecule has 0 aliphatic rings. The van der Waals surface area contributed by atoms with Gasteiger partial charge in [-0.25, -0.2) is 9.89 Å². The van der Waals surface area contributed by atoms with Crippen LogP contribution in [0.15, 0.2) is 33.0 Å². The Kier molecular flexibility index (Phi) is 5.32. The minimum Gasteiger partial charge on any atom is -0.491 e. The molecule has 2 aromatic rings. The normalized spacial score (nSPS) is 10.8. The largest absolute Gasteiger partial charge is 0.491 e. The van der Waals surface area contributed by atoms with Crippen LogP contribution in [-0.2, 0) is 6.54 Å². The van der Waals surface area contributed by atoms with E-state index in [9.17, 15) is 4.79 Å². The zero-order valence-corrected chi connectivity index (χ0v) is 13.1. The molecule has 114 valence electrons. The van der Waals surface area contributed by atoms with E-state index in [1.165, 1.54) is 11.8 Å². The maximum Gasteiger partial charge on any atom is 0.343 e. The van der Waals surface area contributed by atoms with Crippen LogP contribution in [0.4, 0.5) is 5.69 Å². The summed E-state index contributed by atoms with van der Waals surface area (Å²) >= 11 is 1.42. The van der Waals surface area contributed by atoms with E-state index in [2.05, 4.69) is 10.2 Å². The lowest BCUT2D eigenvalue weighted by atomic mass is 10.3. The maximum absolute atomic E-state index is 11.7. The second-order valence-corrected chi connectivity index (χ2v) is 5.65. The van der Waals surface area contributed by atoms with Crippen molar-refractivity contribution < 1.29 is 4.74 Å². The van der Waals surface area contributed by atoms with Crippen LogP contribution in [0.1, 0.15) is 26.7 Å². The summed E-state index contributed by atoms with van der Waals surface area (Å²) in [5, 5.41) is 7.19. The molecule has 2 rings (SSSR count). The van der Waals surface area contributed by atoms with Crippen molar-refractivity contribution in [3.63, 3.8) is 0 Å². The first-order valence-electron chi connectivity index (χ1n) is 7.01. The summed E-state index contributed by atoms with van der Waals surface area (Å²) in [5.74, 6) is 0.668. The first-order chi connectivity index (χ1) is 10.2. The summed E-state index contributed by atoms with van der Waals surface area (Å²) < 4.78 is 7.24. The Bertz CT molecular complexity index is 651. The maximum atomic E-state index is 11.7. The molecular weight excluding hydrogens is 288 g/mol. The van der Waals surface area contributed by atoms with Gasteiger partial charge in [0.05, 0.1) is 12.3 Å². The number of H-pyrrole nitrogens is 1. The molecule has 0 bridgehead atoms. The topological polar surface area (TPSA) is 85.9 Å². The van der Waals surface area contributed by atoms with Gasteiger partial charge in [0, 0.05) is 11.4 Å². The van der Waals surface area contributed by atoms with Crippen LogP contribution in [0.5, 0.6) is 5.75 Å². The molecule has 3 N–H and O–H groups in total. The molecule has 21 heavy (non-hydrogen) atoms. The van der Waals surface area contributed by atoms with Crippen LogP contribution in [-0.4, -0.2) is 21.4 Å². The van der Waals surface area contributed by atoms with E-state index < -0.39 is 0 Å². The van der Waals surface area contributed by atoms with Crippen molar-refractivity contribution in [2.24, 2.45) is 0 Å². The lowest BCUT2D eigenvalue weighted by Gasteiger charge is -2.10. The van der Waals surface area contributed by atoms with E-state index in [1.807, 2.05) is 32.0 Å². The van der Waals surface area contributed by atoms with Crippen molar-refractivity contribution in [3.05, 3.63) is 28.7 Å². The smallest absolute Gasteiger partial charge is 0.343 e. The van der Waals surface area contributed by atoms with Crippen molar-refractivity contribution in [1.29, 1.82) is 0 Å². The average molecular weight is 308 g/mol. The summed E-state index contributed by atoms with van der Waals surface area (Å²) in [6, 6.07) is 5.58. The van der Waals surface area contributed by atoms with E-state index in [4.69, 9.17) is 10.5 Å². The lowest BCUT2D eigenvalue weighted by molar-refractivity contribution is 0.318. The number of rotatable bonds is 7. The number of ether oxygens (including phenoxy) is 1. The van der Waals surface area contributed by atoms with Gasteiger partial charge in [-0.15, -0.1) is 5.10 Å². The van der Waals surface area contributed by atoms with E-state index in [0.717, 1.165) is 17.7 Å². The standard InChI is InChI=1S/C14H20N4O2S/c1-3-7-18-13(19)16-17-14(18)21-10-5-6-11(15)12(9-10)20-8-4-2/h5-6,9H,3-4,7-8,15H2,1-2H3,(H,16,19). The number of hydrogen-bond acceptors (Lipinski definition) is 5. The van der Waals surface area contributed by atoms with Gasteiger partial charge in [-0.05, 0) is 42.8 Å². The monoisotopic (exact) mass is 308 g/mol. The molecule has 0 radical (unpaired) electrons. The van der Waals surface area contributed by atoms with Gasteiger partial charge in [0.1, 0.15) is 5.75 Å². The molecule has 7 heteroatoms. The fourth-order valence-electron chi connectivity index (χ4n) is 1.82. The van der Waals surface area contributed by atoms with Gasteiger partial charge in [0.2, 0.25) is 0 Å². The number of aromatic amines is 1. The number of nitrogens with zero attached hydrogens (tertiary/aromatic N) is 2. The Labute approximate surface area is 127 Å². The van der Waals surface area contributed by atoms with Crippen molar-refractivity contribution in [1.82, 2.24) is 14.8 Å². The zero-order valence-electron chi connectivity index (χ0n) is 12.3. The molecule has 0 amide bonds. The van der Waals surface area contributed by atoms with Crippen LogP contribution >= 0.6 is 11.8 Å². The Balaban J connectivity index is 2.21. The number of benzene rings is 1. The molecule has 0 spiro atoms. The molecule has 0 saturated heterocycles. The van der Waals surface area contributed by atoms with Gasteiger partial charge in [-0.2, -0.15) is 0 Å². The minimum atomic E-state index is -0.183. The highest BCUT2D eigenvalue weighted by Crippen LogP contribution is 2.31. The van der Waals surface area contributed by atoms with Crippen molar-refractivity contribution in [2.75, 3.05) is 12.3 Å². The lowest BCUT2D eigenvalue weighted by Crippen LogP contribution is -2.17. The second-order valence-electron chi connectivity index (χ2n) is 4.61. The molecule has 1 heterocycles. The first-order valence-corrected chi connectivity index (χ1v) is 7.82. The molecule has 0 unspecified atom stereocenters. The van der Waals surface area contributed by atoms with Crippen LogP contribution in [0, 0.1) is 0 Å². The van der Waals surface area contributed by atoms with Gasteiger partial charge in [-0.1, -0.05) is 13.8 Å². The number of aromatic nitrogens is 3. The van der Waals surface area contributed by atoms with Gasteiger partial charge in [-0.3, -0.25) is 4.57 Å². The van der Waals surface area contributed by atoms with Gasteiger partial charge >= 0.3 is 5.69 Å². The third-order valence-electron chi connectivity index (χ3n) is 2.83. The van der Waals surface area contributed by atoms with E-state index in [-0.39, 0.29) is 5.69 Å². The van der Waals surface area contributed by atoms with Crippen LogP contribution in [0.25, 0.3) is 0 Å². The Morgan fingerprint density at radius 2 is 2.19 bits per heavy atom. The molecule has 0 saturated carbocycles. The number of hydrogen-bond donors (Lipinski definition) is 2. The van der Waals surface area contributed by atoms with E-state index in [0.29, 0.717) is 29.7 Å². The summed E-state index contributed by atoms with van der Waals surface area (Å²) in [4.78, 5) is 12.6.